The molecule has 3 aromatic rings. The molecule has 2 fully saturated rings. The number of sulfonamides is 1. The van der Waals surface area contributed by atoms with Gasteiger partial charge < -0.3 is 10.4 Å². The van der Waals surface area contributed by atoms with Crippen LogP contribution in [0.25, 0.3) is 10.9 Å². The van der Waals surface area contributed by atoms with Gasteiger partial charge in [-0.25, -0.2) is 26.0 Å². The minimum Gasteiger partial charge on any atom is -0.393 e. The molecule has 0 bridgehead atoms. The van der Waals surface area contributed by atoms with Crippen LogP contribution in [-0.4, -0.2) is 46.8 Å². The number of nitrogens with one attached hydrogen (secondary N) is 1. The molecule has 33 heavy (non-hydrogen) atoms. The van der Waals surface area contributed by atoms with Gasteiger partial charge in [-0.1, -0.05) is 0 Å². The Hall–Kier alpha value is -2.70. The van der Waals surface area contributed by atoms with Crippen molar-refractivity contribution in [2.75, 3.05) is 18.4 Å². The smallest absolute Gasteiger partial charge is 0.246 e. The molecule has 2 aliphatic rings. The van der Waals surface area contributed by atoms with Gasteiger partial charge in [-0.15, -0.1) is 0 Å². The second kappa shape index (κ2) is 7.96. The summed E-state index contributed by atoms with van der Waals surface area (Å²) in [6, 6.07) is 4.04. The Labute approximate surface area is 186 Å². The molecule has 1 aliphatic carbocycles. The monoisotopic (exact) mass is 484 g/mol. The van der Waals surface area contributed by atoms with Crippen molar-refractivity contribution in [1.82, 2.24) is 14.1 Å². The maximum atomic E-state index is 15.7. The molecule has 5 rings (SSSR count). The molecule has 1 saturated carbocycles. The lowest BCUT2D eigenvalue weighted by atomic mass is 10.1. The molecule has 0 atom stereocenters. The van der Waals surface area contributed by atoms with E-state index in [4.69, 9.17) is 0 Å². The Balaban J connectivity index is 1.61. The Morgan fingerprint density at radius 1 is 0.970 bits per heavy atom. The number of rotatable bonds is 5. The molecule has 12 heteroatoms. The van der Waals surface area contributed by atoms with E-state index < -0.39 is 44.3 Å². The summed E-state index contributed by atoms with van der Waals surface area (Å²) >= 11 is 0. The zero-order valence-electron chi connectivity index (χ0n) is 17.2. The standard InChI is InChI=1S/C21H20F4N4O3S/c22-14-9-11(10-15(23)19(14)24)26-21-18-16(29(27-21)12-1-2-12)3-4-17(20(18)25)33(31,32)28-7-5-13(30)6-8-28/h3-4,9-10,12-13,30H,1-2,5-8H2,(H,26,27). The third-order valence-electron chi connectivity index (χ3n) is 5.96. The van der Waals surface area contributed by atoms with Gasteiger partial charge in [0.1, 0.15) is 4.90 Å². The van der Waals surface area contributed by atoms with Crippen molar-refractivity contribution in [3.8, 4) is 0 Å². The summed E-state index contributed by atoms with van der Waals surface area (Å²) < 4.78 is 85.3. The molecule has 2 N–H and O–H groups in total. The normalized spacial score (nSPS) is 18.2. The third-order valence-corrected chi connectivity index (χ3v) is 7.87. The molecule has 1 aliphatic heterocycles. The number of hydrogen-bond donors (Lipinski definition) is 2. The first kappa shape index (κ1) is 22.1. The van der Waals surface area contributed by atoms with E-state index in [9.17, 15) is 26.7 Å². The summed E-state index contributed by atoms with van der Waals surface area (Å²) in [5, 5.41) is 16.4. The number of aromatic nitrogens is 2. The van der Waals surface area contributed by atoms with Gasteiger partial charge in [0.2, 0.25) is 10.0 Å². The lowest BCUT2D eigenvalue weighted by molar-refractivity contribution is 0.113. The van der Waals surface area contributed by atoms with E-state index >= 15 is 4.39 Å². The van der Waals surface area contributed by atoms with Crippen molar-refractivity contribution in [2.45, 2.75) is 42.7 Å². The Morgan fingerprint density at radius 3 is 2.21 bits per heavy atom. The van der Waals surface area contributed by atoms with E-state index in [1.165, 1.54) is 12.1 Å². The molecule has 0 unspecified atom stereocenters. The second-order valence-corrected chi connectivity index (χ2v) is 10.2. The maximum absolute atomic E-state index is 15.7. The molecule has 1 aromatic heterocycles. The van der Waals surface area contributed by atoms with E-state index in [0.717, 1.165) is 17.1 Å². The molecule has 2 aromatic carbocycles. The van der Waals surface area contributed by atoms with Crippen LogP contribution in [0.2, 0.25) is 0 Å². The van der Waals surface area contributed by atoms with Crippen LogP contribution in [-0.2, 0) is 10.0 Å². The van der Waals surface area contributed by atoms with Gasteiger partial charge in [0, 0.05) is 30.9 Å². The van der Waals surface area contributed by atoms with Gasteiger partial charge in [0.05, 0.1) is 23.0 Å². The lowest BCUT2D eigenvalue weighted by Gasteiger charge is -2.28. The first-order valence-electron chi connectivity index (χ1n) is 10.5. The average molecular weight is 484 g/mol. The van der Waals surface area contributed by atoms with Crippen LogP contribution in [0.15, 0.2) is 29.2 Å². The first-order valence-corrected chi connectivity index (χ1v) is 11.9. The number of piperidine rings is 1. The van der Waals surface area contributed by atoms with Crippen LogP contribution < -0.4 is 5.32 Å². The topological polar surface area (TPSA) is 87.5 Å². The van der Waals surface area contributed by atoms with Crippen LogP contribution in [0.4, 0.5) is 29.1 Å². The Morgan fingerprint density at radius 2 is 1.61 bits per heavy atom. The number of aliphatic hydroxyl groups is 1. The predicted molar refractivity (Wildman–Crippen MR) is 112 cm³/mol. The molecular formula is C21H20F4N4O3S. The molecule has 0 amide bonds. The quantitative estimate of drug-likeness (QED) is 0.425. The molecule has 0 spiro atoms. The third kappa shape index (κ3) is 3.85. The minimum absolute atomic E-state index is 0.00446. The highest BCUT2D eigenvalue weighted by Gasteiger charge is 2.34. The zero-order valence-corrected chi connectivity index (χ0v) is 18.0. The van der Waals surface area contributed by atoms with Crippen molar-refractivity contribution in [2.24, 2.45) is 0 Å². The molecule has 0 radical (unpaired) electrons. The molecular weight excluding hydrogens is 464 g/mol. The van der Waals surface area contributed by atoms with E-state index in [2.05, 4.69) is 10.4 Å². The number of hydrogen-bond acceptors (Lipinski definition) is 5. The fourth-order valence-electron chi connectivity index (χ4n) is 4.04. The minimum atomic E-state index is -4.20. The van der Waals surface area contributed by atoms with Gasteiger partial charge in [-0.3, -0.25) is 4.68 Å². The van der Waals surface area contributed by atoms with E-state index in [0.29, 0.717) is 17.6 Å². The number of nitrogens with zero attached hydrogens (tertiary/aromatic N) is 3. The predicted octanol–water partition coefficient (Wildman–Crippen LogP) is 3.82. The molecule has 7 nitrogen and oxygen atoms in total. The highest BCUT2D eigenvalue weighted by Crippen LogP contribution is 2.41. The fraction of sp³-hybridized carbons (Fsp3) is 0.381. The van der Waals surface area contributed by atoms with Gasteiger partial charge in [0.15, 0.2) is 29.1 Å². The van der Waals surface area contributed by atoms with Crippen LogP contribution in [0.3, 0.4) is 0 Å². The molecule has 2 heterocycles. The van der Waals surface area contributed by atoms with Crippen molar-refractivity contribution >= 4 is 32.4 Å². The van der Waals surface area contributed by atoms with Crippen molar-refractivity contribution in [3.63, 3.8) is 0 Å². The van der Waals surface area contributed by atoms with Crippen LogP contribution in [0, 0.1) is 23.3 Å². The Bertz CT molecular complexity index is 1330. The summed E-state index contributed by atoms with van der Waals surface area (Å²) in [5.41, 5.74) is 0.125. The van der Waals surface area contributed by atoms with Gasteiger partial charge >= 0.3 is 0 Å². The van der Waals surface area contributed by atoms with Crippen molar-refractivity contribution in [1.29, 1.82) is 0 Å². The summed E-state index contributed by atoms with van der Waals surface area (Å²) in [6.45, 7) is 0.114. The van der Waals surface area contributed by atoms with E-state index in [-0.39, 0.29) is 48.9 Å². The fourth-order valence-corrected chi connectivity index (χ4v) is 5.58. The zero-order chi connectivity index (χ0) is 23.5. The molecule has 176 valence electrons. The summed E-state index contributed by atoms with van der Waals surface area (Å²) in [4.78, 5) is -0.554. The Kier molecular flexibility index (Phi) is 5.33. The number of anilines is 2. The summed E-state index contributed by atoms with van der Waals surface area (Å²) in [7, 11) is -4.20. The summed E-state index contributed by atoms with van der Waals surface area (Å²) in [5.74, 6) is -5.68. The molecule has 1 saturated heterocycles. The van der Waals surface area contributed by atoms with E-state index in [1.54, 1.807) is 4.68 Å². The largest absolute Gasteiger partial charge is 0.393 e. The average Bonchev–Trinajstić information content (AvgIpc) is 3.54. The highest BCUT2D eigenvalue weighted by atomic mass is 32.2. The maximum Gasteiger partial charge on any atom is 0.246 e. The van der Waals surface area contributed by atoms with Crippen LogP contribution in [0.1, 0.15) is 31.7 Å². The van der Waals surface area contributed by atoms with Crippen LogP contribution >= 0.6 is 0 Å². The van der Waals surface area contributed by atoms with E-state index in [1.807, 2.05) is 0 Å². The van der Waals surface area contributed by atoms with Crippen molar-refractivity contribution in [3.05, 3.63) is 47.5 Å². The van der Waals surface area contributed by atoms with Gasteiger partial charge in [0.25, 0.3) is 0 Å². The van der Waals surface area contributed by atoms with Gasteiger partial charge in [-0.2, -0.15) is 9.40 Å². The van der Waals surface area contributed by atoms with Crippen molar-refractivity contribution < 1.29 is 31.1 Å². The van der Waals surface area contributed by atoms with Crippen LogP contribution in [0.5, 0.6) is 0 Å². The lowest BCUT2D eigenvalue weighted by Crippen LogP contribution is -2.40. The number of benzene rings is 2. The SMILES string of the molecule is O=S(=O)(c1ccc2c(c(Nc3cc(F)c(F)c(F)c3)nn2C2CC2)c1F)N1CCC(O)CC1. The number of aliphatic hydroxyl groups excluding tert-OH is 1. The number of fused-ring (bicyclic) bond motifs is 1. The summed E-state index contributed by atoms with van der Waals surface area (Å²) in [6.07, 6.45) is 1.49. The number of halogens is 4. The first-order chi connectivity index (χ1) is 15.7. The highest BCUT2D eigenvalue weighted by molar-refractivity contribution is 7.89. The second-order valence-electron chi connectivity index (χ2n) is 8.31. The van der Waals surface area contributed by atoms with Gasteiger partial charge in [-0.05, 0) is 37.8 Å².